The number of rotatable bonds is 1. The topological polar surface area (TPSA) is 28.7 Å². The van der Waals surface area contributed by atoms with Crippen LogP contribution in [0.1, 0.15) is 0 Å². The largest absolute Gasteiger partial charge is 0.345 e. The SMILES string of the molecule is Sc1cc(Br)ccc1-c1ncc[nH]1. The van der Waals surface area contributed by atoms with Gasteiger partial charge in [-0.15, -0.1) is 12.6 Å². The van der Waals surface area contributed by atoms with Gasteiger partial charge in [-0.2, -0.15) is 0 Å². The van der Waals surface area contributed by atoms with Crippen LogP contribution in [0.5, 0.6) is 0 Å². The number of aromatic amines is 1. The first-order valence-corrected chi connectivity index (χ1v) is 4.99. The zero-order chi connectivity index (χ0) is 9.26. The molecule has 0 bridgehead atoms. The summed E-state index contributed by atoms with van der Waals surface area (Å²) in [5.74, 6) is 0.845. The molecule has 0 amide bonds. The highest BCUT2D eigenvalue weighted by atomic mass is 79.9. The summed E-state index contributed by atoms with van der Waals surface area (Å²) in [6, 6.07) is 5.89. The Morgan fingerprint density at radius 3 is 2.85 bits per heavy atom. The molecule has 1 aromatic heterocycles. The average molecular weight is 255 g/mol. The highest BCUT2D eigenvalue weighted by Crippen LogP contribution is 2.26. The van der Waals surface area contributed by atoms with Crippen LogP contribution in [0.25, 0.3) is 11.4 Å². The van der Waals surface area contributed by atoms with Crippen molar-refractivity contribution < 1.29 is 0 Å². The second-order valence-electron chi connectivity index (χ2n) is 2.60. The maximum Gasteiger partial charge on any atom is 0.138 e. The summed E-state index contributed by atoms with van der Waals surface area (Å²) >= 11 is 7.74. The molecule has 1 N–H and O–H groups in total. The third-order valence-corrected chi connectivity index (χ3v) is 2.58. The van der Waals surface area contributed by atoms with Crippen molar-refractivity contribution >= 4 is 28.6 Å². The van der Waals surface area contributed by atoms with E-state index in [1.807, 2.05) is 18.2 Å². The molecule has 0 saturated carbocycles. The van der Waals surface area contributed by atoms with E-state index < -0.39 is 0 Å². The van der Waals surface area contributed by atoms with E-state index in [1.165, 1.54) is 0 Å². The minimum Gasteiger partial charge on any atom is -0.345 e. The van der Waals surface area contributed by atoms with Crippen molar-refractivity contribution in [1.29, 1.82) is 0 Å². The van der Waals surface area contributed by atoms with Gasteiger partial charge in [0.05, 0.1) is 0 Å². The number of thiol groups is 1. The van der Waals surface area contributed by atoms with Crippen LogP contribution in [-0.4, -0.2) is 9.97 Å². The lowest BCUT2D eigenvalue weighted by Crippen LogP contribution is -1.82. The Balaban J connectivity index is 2.53. The number of nitrogens with one attached hydrogen (secondary N) is 1. The molecule has 0 fully saturated rings. The zero-order valence-corrected chi connectivity index (χ0v) is 9.14. The fraction of sp³-hybridized carbons (Fsp3) is 0. The van der Waals surface area contributed by atoms with Crippen molar-refractivity contribution in [3.63, 3.8) is 0 Å². The lowest BCUT2D eigenvalue weighted by Gasteiger charge is -2.01. The molecule has 0 spiro atoms. The van der Waals surface area contributed by atoms with E-state index in [0.29, 0.717) is 0 Å². The van der Waals surface area contributed by atoms with Crippen LogP contribution in [0.15, 0.2) is 40.0 Å². The second-order valence-corrected chi connectivity index (χ2v) is 4.00. The Kier molecular flexibility index (Phi) is 2.42. The van der Waals surface area contributed by atoms with Gasteiger partial charge in [0.2, 0.25) is 0 Å². The molecule has 0 unspecified atom stereocenters. The molecule has 2 aromatic rings. The van der Waals surface area contributed by atoms with Crippen LogP contribution in [-0.2, 0) is 0 Å². The first kappa shape index (κ1) is 8.84. The molecule has 0 aliphatic heterocycles. The third kappa shape index (κ3) is 1.78. The predicted molar refractivity (Wildman–Crippen MR) is 59.0 cm³/mol. The van der Waals surface area contributed by atoms with Gasteiger partial charge in [-0.05, 0) is 18.2 Å². The van der Waals surface area contributed by atoms with Gasteiger partial charge in [0, 0.05) is 27.3 Å². The smallest absolute Gasteiger partial charge is 0.138 e. The minimum atomic E-state index is 0.845. The number of aromatic nitrogens is 2. The lowest BCUT2D eigenvalue weighted by atomic mass is 10.2. The van der Waals surface area contributed by atoms with Crippen molar-refractivity contribution in [3.05, 3.63) is 35.1 Å². The van der Waals surface area contributed by atoms with Crippen LogP contribution in [0.2, 0.25) is 0 Å². The quantitative estimate of drug-likeness (QED) is 0.753. The van der Waals surface area contributed by atoms with E-state index in [0.717, 1.165) is 20.8 Å². The number of benzene rings is 1. The van der Waals surface area contributed by atoms with Gasteiger partial charge < -0.3 is 4.98 Å². The van der Waals surface area contributed by atoms with Crippen LogP contribution in [0.3, 0.4) is 0 Å². The van der Waals surface area contributed by atoms with Gasteiger partial charge in [-0.3, -0.25) is 0 Å². The minimum absolute atomic E-state index is 0.845. The monoisotopic (exact) mass is 254 g/mol. The van der Waals surface area contributed by atoms with Crippen LogP contribution < -0.4 is 0 Å². The molecule has 0 aliphatic rings. The molecule has 4 heteroatoms. The number of hydrogen-bond acceptors (Lipinski definition) is 2. The molecule has 2 nitrogen and oxygen atoms in total. The van der Waals surface area contributed by atoms with Crippen molar-refractivity contribution in [2.75, 3.05) is 0 Å². The normalized spacial score (nSPS) is 10.3. The van der Waals surface area contributed by atoms with E-state index >= 15 is 0 Å². The number of imidazole rings is 1. The summed E-state index contributed by atoms with van der Waals surface area (Å²) in [4.78, 5) is 8.10. The zero-order valence-electron chi connectivity index (χ0n) is 6.66. The van der Waals surface area contributed by atoms with Crippen LogP contribution in [0.4, 0.5) is 0 Å². The maximum absolute atomic E-state index is 4.36. The number of H-pyrrole nitrogens is 1. The fourth-order valence-electron chi connectivity index (χ4n) is 1.12. The molecule has 0 saturated heterocycles. The standard InChI is InChI=1S/C9H7BrN2S/c10-6-1-2-7(8(13)5-6)9-11-3-4-12-9/h1-5,13H,(H,11,12). The Hall–Kier alpha value is -0.740. The summed E-state index contributed by atoms with van der Waals surface area (Å²) in [6.45, 7) is 0. The summed E-state index contributed by atoms with van der Waals surface area (Å²) in [6.07, 6.45) is 3.52. The van der Waals surface area contributed by atoms with Gasteiger partial charge in [-0.1, -0.05) is 15.9 Å². The number of hydrogen-bond donors (Lipinski definition) is 2. The Morgan fingerprint density at radius 2 is 2.23 bits per heavy atom. The van der Waals surface area contributed by atoms with Crippen LogP contribution in [0, 0.1) is 0 Å². The van der Waals surface area contributed by atoms with Gasteiger partial charge in [-0.25, -0.2) is 4.98 Å². The molecule has 0 radical (unpaired) electrons. The highest BCUT2D eigenvalue weighted by molar-refractivity contribution is 9.10. The first-order valence-electron chi connectivity index (χ1n) is 3.75. The molecule has 0 atom stereocenters. The van der Waals surface area contributed by atoms with Crippen molar-refractivity contribution in [2.24, 2.45) is 0 Å². The average Bonchev–Trinajstić information content (AvgIpc) is 2.56. The molecule has 0 aliphatic carbocycles. The summed E-state index contributed by atoms with van der Waals surface area (Å²) < 4.78 is 1.02. The Bertz CT molecular complexity index is 412. The number of halogens is 1. The molecule has 66 valence electrons. The van der Waals surface area contributed by atoms with Gasteiger partial charge in [0.1, 0.15) is 5.82 Å². The summed E-state index contributed by atoms with van der Waals surface area (Å²) in [5.41, 5.74) is 1.01. The van der Waals surface area contributed by atoms with E-state index in [9.17, 15) is 0 Å². The van der Waals surface area contributed by atoms with Crippen molar-refractivity contribution in [3.8, 4) is 11.4 Å². The number of nitrogens with zero attached hydrogens (tertiary/aromatic N) is 1. The first-order chi connectivity index (χ1) is 6.27. The van der Waals surface area contributed by atoms with E-state index in [4.69, 9.17) is 0 Å². The van der Waals surface area contributed by atoms with E-state index in [2.05, 4.69) is 38.5 Å². The molecule has 1 aromatic carbocycles. The van der Waals surface area contributed by atoms with E-state index in [1.54, 1.807) is 12.4 Å². The second kappa shape index (κ2) is 3.55. The van der Waals surface area contributed by atoms with Crippen molar-refractivity contribution in [1.82, 2.24) is 9.97 Å². The third-order valence-electron chi connectivity index (χ3n) is 1.71. The molecule has 2 rings (SSSR count). The van der Waals surface area contributed by atoms with Crippen molar-refractivity contribution in [2.45, 2.75) is 4.90 Å². The van der Waals surface area contributed by atoms with Gasteiger partial charge >= 0.3 is 0 Å². The lowest BCUT2D eigenvalue weighted by molar-refractivity contribution is 1.27. The molecule has 13 heavy (non-hydrogen) atoms. The Labute approximate surface area is 89.9 Å². The Morgan fingerprint density at radius 1 is 1.38 bits per heavy atom. The predicted octanol–water partition coefficient (Wildman–Crippen LogP) is 3.13. The van der Waals surface area contributed by atoms with Gasteiger partial charge in [0.25, 0.3) is 0 Å². The highest BCUT2D eigenvalue weighted by Gasteiger charge is 2.03. The summed E-state index contributed by atoms with van der Waals surface area (Å²) in [7, 11) is 0. The molecular weight excluding hydrogens is 248 g/mol. The van der Waals surface area contributed by atoms with Crippen LogP contribution >= 0.6 is 28.6 Å². The van der Waals surface area contributed by atoms with E-state index in [-0.39, 0.29) is 0 Å². The molecule has 1 heterocycles. The van der Waals surface area contributed by atoms with Gasteiger partial charge in [0.15, 0.2) is 0 Å². The summed E-state index contributed by atoms with van der Waals surface area (Å²) in [5, 5.41) is 0. The maximum atomic E-state index is 4.36. The fourth-order valence-corrected chi connectivity index (χ4v) is 1.98. The molecular formula is C9H7BrN2S.